The van der Waals surface area contributed by atoms with E-state index in [0.717, 1.165) is 0 Å². The molecule has 2 rings (SSSR count). The van der Waals surface area contributed by atoms with Crippen molar-refractivity contribution >= 4 is 11.8 Å². The Kier molecular flexibility index (Phi) is 5.89. The van der Waals surface area contributed by atoms with Gasteiger partial charge < -0.3 is 15.0 Å². The lowest BCUT2D eigenvalue weighted by Crippen LogP contribution is -2.52. The maximum atomic E-state index is 12.6. The van der Waals surface area contributed by atoms with E-state index in [2.05, 4.69) is 10.3 Å². The monoisotopic (exact) mass is 305 g/mol. The molecule has 0 bridgehead atoms. The van der Waals surface area contributed by atoms with Gasteiger partial charge in [0.2, 0.25) is 5.91 Å². The highest BCUT2D eigenvalue weighted by molar-refractivity contribution is 5.97. The number of rotatable bonds is 5. The summed E-state index contributed by atoms with van der Waals surface area (Å²) in [4.78, 5) is 30.6. The lowest BCUT2D eigenvalue weighted by molar-refractivity contribution is -0.137. The zero-order valence-electron chi connectivity index (χ0n) is 13.1. The second-order valence-electron chi connectivity index (χ2n) is 5.83. The first kappa shape index (κ1) is 16.4. The summed E-state index contributed by atoms with van der Waals surface area (Å²) in [6.07, 6.45) is 3.73. The molecule has 6 heteroatoms. The van der Waals surface area contributed by atoms with Crippen LogP contribution in [0.1, 0.15) is 30.6 Å². The Hall–Kier alpha value is -1.95. The van der Waals surface area contributed by atoms with Crippen LogP contribution in [0.3, 0.4) is 0 Å². The number of aromatic nitrogens is 1. The number of hydrogen-bond acceptors (Lipinski definition) is 4. The van der Waals surface area contributed by atoms with E-state index in [9.17, 15) is 9.59 Å². The van der Waals surface area contributed by atoms with Crippen LogP contribution in [0.15, 0.2) is 24.5 Å². The molecule has 1 atom stereocenters. The average Bonchev–Trinajstić information content (AvgIpc) is 2.54. The van der Waals surface area contributed by atoms with Gasteiger partial charge in [-0.2, -0.15) is 0 Å². The van der Waals surface area contributed by atoms with Gasteiger partial charge in [0.05, 0.1) is 18.8 Å². The molecular weight excluding hydrogens is 282 g/mol. The lowest BCUT2D eigenvalue weighted by atomic mass is 10.0. The standard InChI is InChI=1S/C16H23N3O3/c1-12(2)10-14(16(21)19-6-8-22-9-7-19)18-15(20)13-4-3-5-17-11-13/h3-5,11-12,14H,6-10H2,1-2H3,(H,18,20)/t14-/m1/s1. The SMILES string of the molecule is CC(C)C[C@@H](NC(=O)c1cccnc1)C(=O)N1CCOCC1. The number of carbonyl (C=O) groups is 2. The number of amides is 2. The van der Waals surface area contributed by atoms with Crippen molar-refractivity contribution in [3.05, 3.63) is 30.1 Å². The van der Waals surface area contributed by atoms with Crippen molar-refractivity contribution in [2.24, 2.45) is 5.92 Å². The maximum absolute atomic E-state index is 12.6. The van der Waals surface area contributed by atoms with E-state index in [4.69, 9.17) is 4.74 Å². The van der Waals surface area contributed by atoms with Crippen LogP contribution in [0.5, 0.6) is 0 Å². The molecule has 1 aromatic rings. The van der Waals surface area contributed by atoms with Gasteiger partial charge in [0.25, 0.3) is 5.91 Å². The number of ether oxygens (including phenoxy) is 1. The highest BCUT2D eigenvalue weighted by atomic mass is 16.5. The molecule has 0 aliphatic carbocycles. The van der Waals surface area contributed by atoms with Crippen LogP contribution < -0.4 is 5.32 Å². The molecule has 2 heterocycles. The fourth-order valence-corrected chi connectivity index (χ4v) is 2.44. The van der Waals surface area contributed by atoms with Gasteiger partial charge in [-0.1, -0.05) is 13.8 Å². The van der Waals surface area contributed by atoms with Gasteiger partial charge >= 0.3 is 0 Å². The first-order valence-corrected chi connectivity index (χ1v) is 7.65. The Morgan fingerprint density at radius 2 is 2.09 bits per heavy atom. The summed E-state index contributed by atoms with van der Waals surface area (Å²) in [5.74, 6) is 0.0128. The summed E-state index contributed by atoms with van der Waals surface area (Å²) in [5, 5.41) is 2.85. The molecule has 120 valence electrons. The number of hydrogen-bond donors (Lipinski definition) is 1. The van der Waals surface area contributed by atoms with E-state index in [1.165, 1.54) is 6.20 Å². The summed E-state index contributed by atoms with van der Waals surface area (Å²) in [5.41, 5.74) is 0.464. The Balaban J connectivity index is 2.05. The molecule has 0 saturated carbocycles. The lowest BCUT2D eigenvalue weighted by Gasteiger charge is -2.31. The van der Waals surface area contributed by atoms with Crippen LogP contribution in [0, 0.1) is 5.92 Å². The fourth-order valence-electron chi connectivity index (χ4n) is 2.44. The largest absolute Gasteiger partial charge is 0.378 e. The number of nitrogens with zero attached hydrogens (tertiary/aromatic N) is 2. The molecule has 1 aliphatic rings. The molecule has 0 aromatic carbocycles. The zero-order chi connectivity index (χ0) is 15.9. The van der Waals surface area contributed by atoms with Crippen molar-refractivity contribution in [2.45, 2.75) is 26.3 Å². The molecule has 2 amide bonds. The first-order chi connectivity index (χ1) is 10.6. The molecule has 6 nitrogen and oxygen atoms in total. The molecule has 1 fully saturated rings. The number of pyridine rings is 1. The van der Waals surface area contributed by atoms with Crippen molar-refractivity contribution in [3.63, 3.8) is 0 Å². The van der Waals surface area contributed by atoms with Crippen LogP contribution in [0.4, 0.5) is 0 Å². The molecule has 0 spiro atoms. The van der Waals surface area contributed by atoms with E-state index in [0.29, 0.717) is 44.2 Å². The van der Waals surface area contributed by atoms with Gasteiger partial charge in [-0.25, -0.2) is 0 Å². The van der Waals surface area contributed by atoms with E-state index < -0.39 is 6.04 Å². The average molecular weight is 305 g/mol. The van der Waals surface area contributed by atoms with Gasteiger partial charge in [-0.15, -0.1) is 0 Å². The van der Waals surface area contributed by atoms with Crippen molar-refractivity contribution in [1.82, 2.24) is 15.2 Å². The summed E-state index contributed by atoms with van der Waals surface area (Å²) in [6, 6.07) is 2.88. The van der Waals surface area contributed by atoms with Crippen molar-refractivity contribution < 1.29 is 14.3 Å². The van der Waals surface area contributed by atoms with E-state index in [-0.39, 0.29) is 11.8 Å². The fraction of sp³-hybridized carbons (Fsp3) is 0.562. The third-order valence-electron chi connectivity index (χ3n) is 3.56. The van der Waals surface area contributed by atoms with Gasteiger partial charge in [-0.3, -0.25) is 14.6 Å². The second-order valence-corrected chi connectivity index (χ2v) is 5.83. The van der Waals surface area contributed by atoms with Crippen molar-refractivity contribution in [3.8, 4) is 0 Å². The third-order valence-corrected chi connectivity index (χ3v) is 3.56. The highest BCUT2D eigenvalue weighted by Gasteiger charge is 2.28. The van der Waals surface area contributed by atoms with Crippen molar-refractivity contribution in [2.75, 3.05) is 26.3 Å². The molecule has 0 unspecified atom stereocenters. The number of carbonyl (C=O) groups excluding carboxylic acids is 2. The van der Waals surface area contributed by atoms with Gasteiger partial charge in [0.15, 0.2) is 0 Å². The van der Waals surface area contributed by atoms with Crippen LogP contribution in [-0.2, 0) is 9.53 Å². The van der Waals surface area contributed by atoms with Crippen LogP contribution >= 0.6 is 0 Å². The zero-order valence-corrected chi connectivity index (χ0v) is 13.1. The van der Waals surface area contributed by atoms with Crippen LogP contribution in [0.25, 0.3) is 0 Å². The van der Waals surface area contributed by atoms with Gasteiger partial charge in [0.1, 0.15) is 6.04 Å². The Bertz CT molecular complexity index is 499. The predicted molar refractivity (Wildman–Crippen MR) is 82.3 cm³/mol. The summed E-state index contributed by atoms with van der Waals surface area (Å²) in [7, 11) is 0. The Morgan fingerprint density at radius 1 is 1.36 bits per heavy atom. The van der Waals surface area contributed by atoms with E-state index in [1.54, 1.807) is 23.2 Å². The first-order valence-electron chi connectivity index (χ1n) is 7.65. The number of nitrogens with one attached hydrogen (secondary N) is 1. The van der Waals surface area contributed by atoms with E-state index in [1.807, 2.05) is 13.8 Å². The Labute approximate surface area is 130 Å². The predicted octanol–water partition coefficient (Wildman–Crippen LogP) is 1.08. The number of morpholine rings is 1. The van der Waals surface area contributed by atoms with Gasteiger partial charge in [0, 0.05) is 25.5 Å². The minimum absolute atomic E-state index is 0.0331. The summed E-state index contributed by atoms with van der Waals surface area (Å²) in [6.45, 7) is 6.34. The molecule has 1 aromatic heterocycles. The van der Waals surface area contributed by atoms with Crippen molar-refractivity contribution in [1.29, 1.82) is 0 Å². The molecule has 1 saturated heterocycles. The minimum atomic E-state index is -0.509. The summed E-state index contributed by atoms with van der Waals surface area (Å²) < 4.78 is 5.27. The van der Waals surface area contributed by atoms with E-state index >= 15 is 0 Å². The topological polar surface area (TPSA) is 71.5 Å². The minimum Gasteiger partial charge on any atom is -0.378 e. The Morgan fingerprint density at radius 3 is 2.68 bits per heavy atom. The van der Waals surface area contributed by atoms with Crippen LogP contribution in [0.2, 0.25) is 0 Å². The van der Waals surface area contributed by atoms with Crippen LogP contribution in [-0.4, -0.2) is 54.0 Å². The second kappa shape index (κ2) is 7.89. The molecule has 0 radical (unpaired) electrons. The smallest absolute Gasteiger partial charge is 0.253 e. The molecule has 22 heavy (non-hydrogen) atoms. The summed E-state index contributed by atoms with van der Waals surface area (Å²) >= 11 is 0. The third kappa shape index (κ3) is 4.53. The highest BCUT2D eigenvalue weighted by Crippen LogP contribution is 2.10. The molecule has 1 aliphatic heterocycles. The van der Waals surface area contributed by atoms with Gasteiger partial charge in [-0.05, 0) is 24.5 Å². The molecule has 1 N–H and O–H groups in total. The normalized spacial score (nSPS) is 16.4. The maximum Gasteiger partial charge on any atom is 0.253 e. The molecular formula is C16H23N3O3. The quantitative estimate of drug-likeness (QED) is 0.884.